The Labute approximate surface area is 118 Å². The summed E-state index contributed by atoms with van der Waals surface area (Å²) in [4.78, 5) is 9.99. The van der Waals surface area contributed by atoms with Crippen LogP contribution in [0.25, 0.3) is 0 Å². The molecule has 0 saturated heterocycles. The first-order valence-corrected chi connectivity index (χ1v) is 7.76. The summed E-state index contributed by atoms with van der Waals surface area (Å²) < 4.78 is 26.7. The van der Waals surface area contributed by atoms with Crippen molar-refractivity contribution in [3.63, 3.8) is 0 Å². The Morgan fingerprint density at radius 2 is 1.90 bits per heavy atom. The van der Waals surface area contributed by atoms with E-state index in [4.69, 9.17) is 0 Å². The molecule has 0 amide bonds. The van der Waals surface area contributed by atoms with E-state index in [0.29, 0.717) is 6.42 Å². The molecule has 0 radical (unpaired) electrons. The lowest BCUT2D eigenvalue weighted by atomic mass is 10.2. The van der Waals surface area contributed by atoms with Crippen molar-refractivity contribution in [1.82, 2.24) is 10.0 Å². The number of nitrogens with one attached hydrogen (secondary N) is 2. The van der Waals surface area contributed by atoms with Crippen molar-refractivity contribution >= 4 is 15.7 Å². The Morgan fingerprint density at radius 1 is 1.30 bits per heavy atom. The first kappa shape index (κ1) is 16.5. The van der Waals surface area contributed by atoms with Crippen molar-refractivity contribution in [2.75, 3.05) is 13.6 Å². The standard InChI is InChI=1S/C12H19N3O4S/c1-10(4-3-9-13-2)14-20(18,19)12-7-5-11(6-8-12)15(16)17/h5-8,10,13-14H,3-4,9H2,1-2H3/t10-/m1/s1. The summed E-state index contributed by atoms with van der Waals surface area (Å²) in [5.74, 6) is 0. The van der Waals surface area contributed by atoms with Crippen LogP contribution in [0.4, 0.5) is 5.69 Å². The van der Waals surface area contributed by atoms with Crippen molar-refractivity contribution in [3.05, 3.63) is 34.4 Å². The van der Waals surface area contributed by atoms with Gasteiger partial charge in [0.15, 0.2) is 0 Å². The number of sulfonamides is 1. The maximum atomic E-state index is 12.1. The van der Waals surface area contributed by atoms with Crippen molar-refractivity contribution in [2.24, 2.45) is 0 Å². The molecule has 0 saturated carbocycles. The minimum Gasteiger partial charge on any atom is -0.320 e. The smallest absolute Gasteiger partial charge is 0.269 e. The van der Waals surface area contributed by atoms with Gasteiger partial charge in [0.05, 0.1) is 9.82 Å². The van der Waals surface area contributed by atoms with Crippen LogP contribution in [-0.4, -0.2) is 33.0 Å². The molecule has 2 N–H and O–H groups in total. The van der Waals surface area contributed by atoms with Gasteiger partial charge in [0.1, 0.15) is 0 Å². The number of benzene rings is 1. The van der Waals surface area contributed by atoms with Crippen molar-refractivity contribution < 1.29 is 13.3 Å². The lowest BCUT2D eigenvalue weighted by Gasteiger charge is -2.14. The molecule has 0 bridgehead atoms. The van der Waals surface area contributed by atoms with Gasteiger partial charge in [-0.1, -0.05) is 0 Å². The zero-order chi connectivity index (χ0) is 15.2. The van der Waals surface area contributed by atoms with Gasteiger partial charge in [0.2, 0.25) is 10.0 Å². The molecular weight excluding hydrogens is 282 g/mol. The van der Waals surface area contributed by atoms with Gasteiger partial charge in [-0.15, -0.1) is 0 Å². The van der Waals surface area contributed by atoms with Gasteiger partial charge in [-0.05, 0) is 45.5 Å². The second-order valence-electron chi connectivity index (χ2n) is 4.52. The van der Waals surface area contributed by atoms with Crippen molar-refractivity contribution in [1.29, 1.82) is 0 Å². The molecule has 112 valence electrons. The quantitative estimate of drug-likeness (QED) is 0.427. The Hall–Kier alpha value is -1.51. The van der Waals surface area contributed by atoms with Gasteiger partial charge in [-0.25, -0.2) is 13.1 Å². The van der Waals surface area contributed by atoms with Gasteiger partial charge >= 0.3 is 0 Å². The molecule has 1 aromatic carbocycles. The van der Waals surface area contributed by atoms with E-state index < -0.39 is 14.9 Å². The fourth-order valence-electron chi connectivity index (χ4n) is 1.72. The summed E-state index contributed by atoms with van der Waals surface area (Å²) in [7, 11) is -1.79. The van der Waals surface area contributed by atoms with Gasteiger partial charge in [0.25, 0.3) is 5.69 Å². The fourth-order valence-corrected chi connectivity index (χ4v) is 3.00. The maximum Gasteiger partial charge on any atom is 0.269 e. The van der Waals surface area contributed by atoms with Crippen LogP contribution in [0.2, 0.25) is 0 Å². The molecule has 8 heteroatoms. The van der Waals surface area contributed by atoms with E-state index in [9.17, 15) is 18.5 Å². The molecule has 20 heavy (non-hydrogen) atoms. The Balaban J connectivity index is 2.70. The number of nitro groups is 1. The third-order valence-electron chi connectivity index (χ3n) is 2.78. The highest BCUT2D eigenvalue weighted by Crippen LogP contribution is 2.16. The van der Waals surface area contributed by atoms with Crippen LogP contribution in [0, 0.1) is 10.1 Å². The number of nitrogens with zero attached hydrogens (tertiary/aromatic N) is 1. The van der Waals surface area contributed by atoms with E-state index in [2.05, 4.69) is 10.0 Å². The van der Waals surface area contributed by atoms with Crippen molar-refractivity contribution in [2.45, 2.75) is 30.7 Å². The summed E-state index contributed by atoms with van der Waals surface area (Å²) in [6.45, 7) is 2.61. The van der Waals surface area contributed by atoms with Gasteiger partial charge in [-0.2, -0.15) is 0 Å². The van der Waals surface area contributed by atoms with E-state index in [1.54, 1.807) is 6.92 Å². The Morgan fingerprint density at radius 3 is 2.40 bits per heavy atom. The van der Waals surface area contributed by atoms with Crippen LogP contribution >= 0.6 is 0 Å². The number of hydrogen-bond donors (Lipinski definition) is 2. The molecule has 0 aliphatic heterocycles. The number of non-ortho nitro benzene ring substituents is 1. The summed E-state index contributed by atoms with van der Waals surface area (Å²) in [6.07, 6.45) is 1.58. The van der Waals surface area contributed by atoms with E-state index in [-0.39, 0.29) is 16.6 Å². The summed E-state index contributed by atoms with van der Waals surface area (Å²) in [5.41, 5.74) is -0.133. The molecule has 0 aliphatic rings. The lowest BCUT2D eigenvalue weighted by Crippen LogP contribution is -2.33. The summed E-state index contributed by atoms with van der Waals surface area (Å²) in [6, 6.07) is 4.64. The molecule has 1 aromatic rings. The highest BCUT2D eigenvalue weighted by Gasteiger charge is 2.18. The van der Waals surface area contributed by atoms with Crippen LogP contribution in [0.3, 0.4) is 0 Å². The highest BCUT2D eigenvalue weighted by molar-refractivity contribution is 7.89. The molecule has 0 spiro atoms. The lowest BCUT2D eigenvalue weighted by molar-refractivity contribution is -0.384. The molecule has 1 rings (SSSR count). The number of hydrogen-bond acceptors (Lipinski definition) is 5. The average molecular weight is 301 g/mol. The van der Waals surface area contributed by atoms with Crippen LogP contribution in [-0.2, 0) is 10.0 Å². The first-order chi connectivity index (χ1) is 9.36. The second kappa shape index (κ2) is 7.32. The third kappa shape index (κ3) is 4.87. The molecule has 0 fully saturated rings. The van der Waals surface area contributed by atoms with Gasteiger partial charge in [0, 0.05) is 18.2 Å². The minimum absolute atomic E-state index is 0.0311. The average Bonchev–Trinajstić information content (AvgIpc) is 2.38. The molecule has 0 aliphatic carbocycles. The first-order valence-electron chi connectivity index (χ1n) is 6.28. The van der Waals surface area contributed by atoms with Gasteiger partial charge < -0.3 is 5.32 Å². The predicted molar refractivity (Wildman–Crippen MR) is 76.0 cm³/mol. The summed E-state index contributed by atoms with van der Waals surface area (Å²) in [5, 5.41) is 13.5. The predicted octanol–water partition coefficient (Wildman–Crippen LogP) is 1.26. The zero-order valence-corrected chi connectivity index (χ0v) is 12.3. The number of rotatable bonds is 8. The topological polar surface area (TPSA) is 101 Å². The SMILES string of the molecule is CNCCC[C@@H](C)NS(=O)(=O)c1ccc([N+](=O)[O-])cc1. The largest absolute Gasteiger partial charge is 0.320 e. The fraction of sp³-hybridized carbons (Fsp3) is 0.500. The molecule has 0 unspecified atom stereocenters. The minimum atomic E-state index is -3.63. The molecule has 1 atom stereocenters. The summed E-state index contributed by atoms with van der Waals surface area (Å²) >= 11 is 0. The van der Waals surface area contributed by atoms with Crippen LogP contribution in [0.5, 0.6) is 0 Å². The van der Waals surface area contributed by atoms with Crippen LogP contribution in [0.15, 0.2) is 29.2 Å². The van der Waals surface area contributed by atoms with Crippen LogP contribution in [0.1, 0.15) is 19.8 Å². The zero-order valence-electron chi connectivity index (χ0n) is 11.5. The van der Waals surface area contributed by atoms with Crippen LogP contribution < -0.4 is 10.0 Å². The highest BCUT2D eigenvalue weighted by atomic mass is 32.2. The Kier molecular flexibility index (Phi) is 6.05. The molecule has 0 heterocycles. The van der Waals surface area contributed by atoms with Crippen molar-refractivity contribution in [3.8, 4) is 0 Å². The van der Waals surface area contributed by atoms with E-state index in [1.807, 2.05) is 7.05 Å². The molecular formula is C12H19N3O4S. The number of nitro benzene ring substituents is 1. The third-order valence-corrected chi connectivity index (χ3v) is 4.38. The molecule has 7 nitrogen and oxygen atoms in total. The van der Waals surface area contributed by atoms with E-state index >= 15 is 0 Å². The van der Waals surface area contributed by atoms with Gasteiger partial charge in [-0.3, -0.25) is 10.1 Å². The molecule has 0 aromatic heterocycles. The second-order valence-corrected chi connectivity index (χ2v) is 6.23. The van der Waals surface area contributed by atoms with E-state index in [0.717, 1.165) is 13.0 Å². The monoisotopic (exact) mass is 301 g/mol. The maximum absolute atomic E-state index is 12.1. The Bertz CT molecular complexity index is 542. The van der Waals surface area contributed by atoms with E-state index in [1.165, 1.54) is 24.3 Å². The normalized spacial score (nSPS) is 13.1.